The summed E-state index contributed by atoms with van der Waals surface area (Å²) in [5.74, 6) is -0.482. The van der Waals surface area contributed by atoms with Crippen LogP contribution in [0.25, 0.3) is 16.6 Å². The van der Waals surface area contributed by atoms with Gasteiger partial charge in [-0.1, -0.05) is 78.0 Å². The highest BCUT2D eigenvalue weighted by molar-refractivity contribution is 6.12. The van der Waals surface area contributed by atoms with Gasteiger partial charge in [-0.3, -0.25) is 4.79 Å². The highest BCUT2D eigenvalue weighted by Crippen LogP contribution is 2.27. The molecule has 1 aromatic heterocycles. The molecule has 5 rings (SSSR count). The molecule has 0 saturated carbocycles. The molecule has 0 unspecified atom stereocenters. The highest BCUT2D eigenvalue weighted by atomic mass is 16.7. The van der Waals surface area contributed by atoms with Crippen molar-refractivity contribution < 1.29 is 14.4 Å². The number of hydrogen-bond acceptors (Lipinski definition) is 4. The molecule has 4 aromatic carbocycles. The second-order valence-corrected chi connectivity index (χ2v) is 8.90. The smallest absolute Gasteiger partial charge is 0.318 e. The minimum Gasteiger partial charge on any atom is -0.318 e. The number of aromatic nitrogens is 1. The number of carbonyl (C=O) groups is 2. The van der Waals surface area contributed by atoms with E-state index >= 15 is 0 Å². The molecule has 0 fully saturated rings. The Morgan fingerprint density at radius 2 is 1.43 bits per heavy atom. The summed E-state index contributed by atoms with van der Waals surface area (Å²) >= 11 is 0. The molecule has 0 aliphatic heterocycles. The average molecular weight is 487 g/mol. The Labute approximate surface area is 215 Å². The van der Waals surface area contributed by atoms with Gasteiger partial charge >= 0.3 is 5.97 Å². The van der Waals surface area contributed by atoms with Gasteiger partial charge in [0.2, 0.25) is 0 Å². The lowest BCUT2D eigenvalue weighted by Crippen LogP contribution is -2.08. The molecule has 37 heavy (non-hydrogen) atoms. The van der Waals surface area contributed by atoms with Crippen LogP contribution in [-0.4, -0.2) is 22.0 Å². The first kappa shape index (κ1) is 23.9. The van der Waals surface area contributed by atoms with Crippen LogP contribution in [0.5, 0.6) is 0 Å². The normalized spacial score (nSPS) is 11.5. The summed E-state index contributed by atoms with van der Waals surface area (Å²) in [6.45, 7) is 3.40. The van der Waals surface area contributed by atoms with E-state index in [4.69, 9.17) is 4.84 Å². The third-order valence-electron chi connectivity index (χ3n) is 6.37. The zero-order chi connectivity index (χ0) is 25.8. The van der Waals surface area contributed by atoms with Crippen LogP contribution in [0.1, 0.15) is 39.5 Å². The summed E-state index contributed by atoms with van der Waals surface area (Å²) in [5.41, 5.74) is 6.97. The van der Waals surface area contributed by atoms with Crippen molar-refractivity contribution in [1.29, 1.82) is 0 Å². The Morgan fingerprint density at radius 3 is 2.16 bits per heavy atom. The maximum Gasteiger partial charge on any atom is 0.331 e. The topological polar surface area (TPSA) is 60.7 Å². The molecule has 0 saturated heterocycles. The van der Waals surface area contributed by atoms with Gasteiger partial charge in [0.1, 0.15) is 0 Å². The molecule has 182 valence electrons. The summed E-state index contributed by atoms with van der Waals surface area (Å²) in [7, 11) is 0. The molecular formula is C32H26N2O3. The molecule has 0 spiro atoms. The Hall–Kier alpha value is -4.77. The van der Waals surface area contributed by atoms with Crippen LogP contribution in [0, 0.1) is 6.92 Å². The Bertz CT molecular complexity index is 1610. The van der Waals surface area contributed by atoms with Gasteiger partial charge in [0.15, 0.2) is 5.78 Å². The van der Waals surface area contributed by atoms with Gasteiger partial charge < -0.3 is 9.40 Å². The monoisotopic (exact) mass is 486 g/mol. The number of rotatable bonds is 7. The van der Waals surface area contributed by atoms with Gasteiger partial charge in [0.25, 0.3) is 0 Å². The second kappa shape index (κ2) is 10.5. The Balaban J connectivity index is 1.56. The largest absolute Gasteiger partial charge is 0.331 e. The Morgan fingerprint density at radius 1 is 0.784 bits per heavy atom. The van der Waals surface area contributed by atoms with Gasteiger partial charge in [-0.2, -0.15) is 0 Å². The zero-order valence-electron chi connectivity index (χ0n) is 20.7. The van der Waals surface area contributed by atoms with Crippen molar-refractivity contribution in [2.75, 3.05) is 0 Å². The number of aryl methyl sites for hydroxylation is 1. The van der Waals surface area contributed by atoms with E-state index < -0.39 is 5.97 Å². The van der Waals surface area contributed by atoms with Gasteiger partial charge in [-0.25, -0.2) is 4.79 Å². The molecule has 0 radical (unpaired) electrons. The third kappa shape index (κ3) is 5.11. The molecule has 0 atom stereocenters. The van der Waals surface area contributed by atoms with Crippen molar-refractivity contribution in [1.82, 2.24) is 4.57 Å². The fourth-order valence-electron chi connectivity index (χ4n) is 4.44. The van der Waals surface area contributed by atoms with Crippen molar-refractivity contribution in [3.63, 3.8) is 0 Å². The van der Waals surface area contributed by atoms with Crippen LogP contribution in [0.4, 0.5) is 0 Å². The molecule has 5 nitrogen and oxygen atoms in total. The number of hydrogen-bond donors (Lipinski definition) is 0. The molecule has 0 aliphatic carbocycles. The molecule has 0 amide bonds. The van der Waals surface area contributed by atoms with E-state index in [0.717, 1.165) is 33.3 Å². The number of fused-ring (bicyclic) bond motifs is 1. The van der Waals surface area contributed by atoms with Crippen LogP contribution in [0.15, 0.2) is 114 Å². The molecule has 0 N–H and O–H groups in total. The number of para-hydroxylation sites is 1. The number of benzene rings is 4. The van der Waals surface area contributed by atoms with Gasteiger partial charge in [0, 0.05) is 47.3 Å². The van der Waals surface area contributed by atoms with Crippen molar-refractivity contribution >= 4 is 28.4 Å². The summed E-state index contributed by atoms with van der Waals surface area (Å²) in [5, 5.41) is 5.26. The van der Waals surface area contributed by atoms with E-state index in [9.17, 15) is 9.59 Å². The van der Waals surface area contributed by atoms with Crippen LogP contribution in [0.2, 0.25) is 0 Å². The predicted molar refractivity (Wildman–Crippen MR) is 146 cm³/mol. The lowest BCUT2D eigenvalue weighted by molar-refractivity contribution is -0.140. The van der Waals surface area contributed by atoms with Crippen molar-refractivity contribution in [3.8, 4) is 5.69 Å². The number of oxime groups is 1. The van der Waals surface area contributed by atoms with Gasteiger partial charge in [0.05, 0.1) is 11.2 Å². The minimum atomic E-state index is -0.468. The lowest BCUT2D eigenvalue weighted by Gasteiger charge is -2.08. The summed E-state index contributed by atoms with van der Waals surface area (Å²) < 4.78 is 2.07. The fourth-order valence-corrected chi connectivity index (χ4v) is 4.44. The molecular weight excluding hydrogens is 460 g/mol. The number of nitrogens with zero attached hydrogens (tertiary/aromatic N) is 2. The lowest BCUT2D eigenvalue weighted by atomic mass is 9.98. The van der Waals surface area contributed by atoms with Crippen LogP contribution in [-0.2, 0) is 16.1 Å². The van der Waals surface area contributed by atoms with E-state index in [1.165, 1.54) is 6.92 Å². The molecule has 5 heteroatoms. The molecule has 5 aromatic rings. The van der Waals surface area contributed by atoms with E-state index in [1.54, 1.807) is 0 Å². The van der Waals surface area contributed by atoms with Gasteiger partial charge in [-0.15, -0.1) is 0 Å². The maximum atomic E-state index is 12.9. The molecule has 0 bridgehead atoms. The minimum absolute atomic E-state index is 0.0146. The average Bonchev–Trinajstić information content (AvgIpc) is 3.32. The number of carbonyl (C=O) groups excluding carboxylic acids is 2. The van der Waals surface area contributed by atoms with Crippen molar-refractivity contribution in [3.05, 3.63) is 137 Å². The first-order valence-corrected chi connectivity index (χ1v) is 12.1. The zero-order valence-corrected chi connectivity index (χ0v) is 20.7. The van der Waals surface area contributed by atoms with E-state index in [-0.39, 0.29) is 5.78 Å². The standard InChI is InChI=1S/C32H26N2O3/c1-22-10-6-7-13-26(22)20-30(33-37-23(2)35)29-21-34(31-15-9-8-14-28(29)31)27-18-16-25(17-19-27)32(36)24-11-4-3-5-12-24/h3-19,21H,20H2,1-2H3/b33-30+. The maximum absolute atomic E-state index is 12.9. The third-order valence-corrected chi connectivity index (χ3v) is 6.37. The van der Waals surface area contributed by atoms with Crippen LogP contribution < -0.4 is 0 Å². The summed E-state index contributed by atoms with van der Waals surface area (Å²) in [6.07, 6.45) is 2.53. The first-order chi connectivity index (χ1) is 18.0. The highest BCUT2D eigenvalue weighted by Gasteiger charge is 2.17. The van der Waals surface area contributed by atoms with E-state index in [1.807, 2.05) is 97.2 Å². The van der Waals surface area contributed by atoms with Crippen LogP contribution in [0.3, 0.4) is 0 Å². The molecule has 1 heterocycles. The summed E-state index contributed by atoms with van der Waals surface area (Å²) in [4.78, 5) is 29.6. The van der Waals surface area contributed by atoms with Crippen molar-refractivity contribution in [2.45, 2.75) is 20.3 Å². The SMILES string of the molecule is CC(=O)O/N=C(\Cc1ccccc1C)c1cn(-c2ccc(C(=O)c3ccccc3)cc2)c2ccccc12. The first-order valence-electron chi connectivity index (χ1n) is 12.1. The fraction of sp³-hybridized carbons (Fsp3) is 0.0938. The second-order valence-electron chi connectivity index (χ2n) is 8.90. The Kier molecular flexibility index (Phi) is 6.77. The predicted octanol–water partition coefficient (Wildman–Crippen LogP) is 6.68. The van der Waals surface area contributed by atoms with Crippen molar-refractivity contribution in [2.24, 2.45) is 5.16 Å². The quantitative estimate of drug-likeness (QED) is 0.112. The van der Waals surface area contributed by atoms with E-state index in [2.05, 4.69) is 28.8 Å². The van der Waals surface area contributed by atoms with Gasteiger partial charge in [-0.05, 0) is 48.4 Å². The van der Waals surface area contributed by atoms with E-state index in [0.29, 0.717) is 23.3 Å². The summed E-state index contributed by atoms with van der Waals surface area (Å²) in [6, 6.07) is 33.0. The van der Waals surface area contributed by atoms with Crippen LogP contribution >= 0.6 is 0 Å². The number of ketones is 1. The molecule has 0 aliphatic rings.